The third kappa shape index (κ3) is 3.99. The normalized spacial score (nSPS) is 9.81. The molecule has 0 spiro atoms. The quantitative estimate of drug-likeness (QED) is 0.600. The van der Waals surface area contributed by atoms with Crippen molar-refractivity contribution in [2.75, 3.05) is 14.2 Å². The summed E-state index contributed by atoms with van der Waals surface area (Å²) in [5.74, 6) is -0.839. The van der Waals surface area contributed by atoms with E-state index < -0.39 is 11.9 Å². The Labute approximate surface area is 129 Å². The molecule has 0 aliphatic carbocycles. The van der Waals surface area contributed by atoms with Crippen LogP contribution >= 0.6 is 22.7 Å². The van der Waals surface area contributed by atoms with Crippen LogP contribution in [0.4, 0.5) is 0 Å². The Bertz CT molecular complexity index is 581. The molecule has 0 saturated heterocycles. The monoisotopic (exact) mass is 325 g/mol. The molecule has 2 rings (SSSR count). The summed E-state index contributed by atoms with van der Waals surface area (Å²) in [6, 6.07) is 6.45. The van der Waals surface area contributed by atoms with Crippen LogP contribution in [-0.2, 0) is 9.47 Å². The fraction of sp³-hybridized carbons (Fsp3) is 0.167. The van der Waals surface area contributed by atoms with E-state index in [1.807, 2.05) is 0 Å². The SMILES string of the molecule is COC(=O)c1ccc(O[B]Oc2ccc(C(=O)OC)s2)s1. The lowest BCUT2D eigenvalue weighted by Crippen LogP contribution is -2.09. The summed E-state index contributed by atoms with van der Waals surface area (Å²) in [5.41, 5.74) is 0. The molecule has 0 fully saturated rings. The zero-order valence-electron chi connectivity index (χ0n) is 11.2. The Balaban J connectivity index is 1.84. The van der Waals surface area contributed by atoms with Gasteiger partial charge in [-0.3, -0.25) is 0 Å². The molecule has 6 nitrogen and oxygen atoms in total. The molecule has 21 heavy (non-hydrogen) atoms. The molecule has 109 valence electrons. The number of methoxy groups -OCH3 is 2. The third-order valence-corrected chi connectivity index (χ3v) is 4.18. The average Bonchev–Trinajstić information content (AvgIpc) is 3.15. The molecule has 2 heterocycles. The van der Waals surface area contributed by atoms with Crippen molar-refractivity contribution in [1.29, 1.82) is 0 Å². The number of thiophene rings is 2. The molecule has 0 unspecified atom stereocenters. The molecular weight excluding hydrogens is 315 g/mol. The summed E-state index contributed by atoms with van der Waals surface area (Å²) in [4.78, 5) is 23.4. The van der Waals surface area contributed by atoms with Crippen LogP contribution < -0.4 is 9.31 Å². The lowest BCUT2D eigenvalue weighted by atomic mass is 10.4. The number of hydrogen-bond acceptors (Lipinski definition) is 8. The van der Waals surface area contributed by atoms with Crippen molar-refractivity contribution in [3.63, 3.8) is 0 Å². The number of carbonyl (C=O) groups excluding carboxylic acids is 2. The van der Waals surface area contributed by atoms with Crippen LogP contribution in [0.5, 0.6) is 10.1 Å². The smallest absolute Gasteiger partial charge is 0.519 e. The zero-order valence-corrected chi connectivity index (χ0v) is 12.8. The molecule has 0 aromatic carbocycles. The van der Waals surface area contributed by atoms with E-state index in [9.17, 15) is 9.59 Å². The molecule has 2 aromatic heterocycles. The van der Waals surface area contributed by atoms with Gasteiger partial charge in [0.2, 0.25) is 0 Å². The molecule has 0 aliphatic rings. The summed E-state index contributed by atoms with van der Waals surface area (Å²) in [6.45, 7) is 0. The lowest BCUT2D eigenvalue weighted by molar-refractivity contribution is 0.0597. The predicted molar refractivity (Wildman–Crippen MR) is 78.3 cm³/mol. The van der Waals surface area contributed by atoms with Gasteiger partial charge < -0.3 is 18.8 Å². The van der Waals surface area contributed by atoms with Gasteiger partial charge >= 0.3 is 19.6 Å². The Hall–Kier alpha value is -2.00. The highest BCUT2D eigenvalue weighted by Crippen LogP contribution is 2.27. The molecule has 0 bridgehead atoms. The third-order valence-electron chi connectivity index (χ3n) is 2.26. The van der Waals surface area contributed by atoms with E-state index in [1.54, 1.807) is 24.3 Å². The molecule has 0 saturated carbocycles. The maximum Gasteiger partial charge on any atom is 0.659 e. The summed E-state index contributed by atoms with van der Waals surface area (Å²) >= 11 is 2.27. The lowest BCUT2D eigenvalue weighted by Gasteiger charge is -2.01. The number of ether oxygens (including phenoxy) is 2. The fourth-order valence-corrected chi connectivity index (χ4v) is 2.79. The van der Waals surface area contributed by atoms with Crippen molar-refractivity contribution >= 4 is 42.3 Å². The van der Waals surface area contributed by atoms with Gasteiger partial charge in [-0.05, 0) is 24.3 Å². The second-order valence-electron chi connectivity index (χ2n) is 3.55. The van der Waals surface area contributed by atoms with Gasteiger partial charge in [-0.15, -0.1) is 0 Å². The van der Waals surface area contributed by atoms with Crippen LogP contribution in [0, 0.1) is 0 Å². The van der Waals surface area contributed by atoms with E-state index in [1.165, 1.54) is 14.2 Å². The van der Waals surface area contributed by atoms with Crippen molar-refractivity contribution in [2.24, 2.45) is 0 Å². The van der Waals surface area contributed by atoms with Crippen LogP contribution in [0.25, 0.3) is 0 Å². The molecule has 0 amide bonds. The number of carbonyl (C=O) groups is 2. The number of esters is 2. The van der Waals surface area contributed by atoms with E-state index in [0.717, 1.165) is 30.4 Å². The molecule has 1 radical (unpaired) electrons. The van der Waals surface area contributed by atoms with Crippen LogP contribution in [0.3, 0.4) is 0 Å². The van der Waals surface area contributed by atoms with Gasteiger partial charge in [-0.25, -0.2) is 9.59 Å². The predicted octanol–water partition coefficient (Wildman–Crippen LogP) is 2.37. The summed E-state index contributed by atoms with van der Waals surface area (Å²) in [6.07, 6.45) is 0. The van der Waals surface area contributed by atoms with Crippen molar-refractivity contribution in [3.8, 4) is 10.1 Å². The Morgan fingerprint density at radius 1 is 0.857 bits per heavy atom. The molecule has 0 N–H and O–H groups in total. The highest BCUT2D eigenvalue weighted by Gasteiger charge is 2.13. The molecule has 2 aromatic rings. The molecular formula is C12H10BO6S2. The van der Waals surface area contributed by atoms with Gasteiger partial charge in [0.05, 0.1) is 14.2 Å². The van der Waals surface area contributed by atoms with Gasteiger partial charge in [-0.1, -0.05) is 22.7 Å². The second-order valence-corrected chi connectivity index (χ2v) is 5.65. The zero-order chi connectivity index (χ0) is 15.2. The second kappa shape index (κ2) is 7.14. The van der Waals surface area contributed by atoms with E-state index in [4.69, 9.17) is 9.31 Å². The van der Waals surface area contributed by atoms with Crippen LogP contribution in [0.1, 0.15) is 19.3 Å². The maximum absolute atomic E-state index is 11.3. The summed E-state index contributed by atoms with van der Waals surface area (Å²) < 4.78 is 19.7. The highest BCUT2D eigenvalue weighted by atomic mass is 32.1. The first-order valence-corrected chi connectivity index (χ1v) is 7.28. The van der Waals surface area contributed by atoms with Crippen molar-refractivity contribution in [2.45, 2.75) is 0 Å². The van der Waals surface area contributed by atoms with E-state index >= 15 is 0 Å². The topological polar surface area (TPSA) is 71.1 Å². The van der Waals surface area contributed by atoms with Crippen molar-refractivity contribution in [3.05, 3.63) is 34.0 Å². The van der Waals surface area contributed by atoms with Crippen molar-refractivity contribution < 1.29 is 28.4 Å². The molecule has 0 aliphatic heterocycles. The Kier molecular flexibility index (Phi) is 5.23. The minimum Gasteiger partial charge on any atom is -0.519 e. The largest absolute Gasteiger partial charge is 0.659 e. The van der Waals surface area contributed by atoms with Gasteiger partial charge in [0, 0.05) is 0 Å². The van der Waals surface area contributed by atoms with Crippen molar-refractivity contribution in [1.82, 2.24) is 0 Å². The fourth-order valence-electron chi connectivity index (χ4n) is 1.31. The van der Waals surface area contributed by atoms with E-state index in [2.05, 4.69) is 9.47 Å². The summed E-state index contributed by atoms with van der Waals surface area (Å²) in [7, 11) is 3.75. The van der Waals surface area contributed by atoms with Gasteiger partial charge in [0.15, 0.2) is 10.1 Å². The first-order valence-electron chi connectivity index (χ1n) is 5.65. The first-order chi connectivity index (χ1) is 10.1. The Morgan fingerprint density at radius 2 is 1.29 bits per heavy atom. The number of rotatable bonds is 6. The van der Waals surface area contributed by atoms with Crippen LogP contribution in [0.2, 0.25) is 0 Å². The highest BCUT2D eigenvalue weighted by molar-refractivity contribution is 7.16. The molecule has 0 atom stereocenters. The van der Waals surface area contributed by atoms with Gasteiger partial charge in [-0.2, -0.15) is 0 Å². The van der Waals surface area contributed by atoms with Crippen LogP contribution in [0.15, 0.2) is 24.3 Å². The van der Waals surface area contributed by atoms with Gasteiger partial charge in [0.25, 0.3) is 0 Å². The number of hydrogen-bond donors (Lipinski definition) is 0. The first kappa shape index (κ1) is 15.4. The summed E-state index contributed by atoms with van der Waals surface area (Å²) in [5, 5.41) is 0.972. The molecule has 9 heteroatoms. The van der Waals surface area contributed by atoms with E-state index in [0.29, 0.717) is 19.9 Å². The van der Waals surface area contributed by atoms with Crippen LogP contribution in [-0.4, -0.2) is 33.8 Å². The maximum atomic E-state index is 11.3. The minimum absolute atomic E-state index is 0.420. The minimum atomic E-state index is -0.420. The Morgan fingerprint density at radius 3 is 1.67 bits per heavy atom. The average molecular weight is 325 g/mol. The van der Waals surface area contributed by atoms with Gasteiger partial charge in [0.1, 0.15) is 9.75 Å². The standard InChI is InChI=1S/C12H10BO6S2/c1-16-11(14)7-3-5-9(20-7)18-13-19-10-6-4-8(21-10)12(15)17-2/h3-6H,1-2H3. The van der Waals surface area contributed by atoms with E-state index in [-0.39, 0.29) is 0 Å².